The average Bonchev–Trinajstić information content (AvgIpc) is 2.31. The fourth-order valence-electron chi connectivity index (χ4n) is 2.86. The molecule has 1 aromatic carbocycles. The first kappa shape index (κ1) is 14.6. The molecule has 1 atom stereocenters. The van der Waals surface area contributed by atoms with Gasteiger partial charge in [0.25, 0.3) is 0 Å². The second-order valence-corrected chi connectivity index (χ2v) is 7.01. The van der Waals surface area contributed by atoms with Gasteiger partial charge in [-0.1, -0.05) is 71.2 Å². The van der Waals surface area contributed by atoms with Crippen molar-refractivity contribution in [2.75, 3.05) is 6.54 Å². The summed E-state index contributed by atoms with van der Waals surface area (Å²) < 4.78 is 0. The van der Waals surface area contributed by atoms with Crippen LogP contribution in [0.1, 0.15) is 70.5 Å². The van der Waals surface area contributed by atoms with Crippen molar-refractivity contribution in [3.05, 3.63) is 35.4 Å². The van der Waals surface area contributed by atoms with Gasteiger partial charge >= 0.3 is 0 Å². The van der Waals surface area contributed by atoms with Gasteiger partial charge in [0.05, 0.1) is 0 Å². The normalized spacial score (nSPS) is 18.1. The molecule has 1 aliphatic carbocycles. The molecule has 1 nitrogen and oxygen atoms in total. The third-order valence-electron chi connectivity index (χ3n) is 4.42. The molecule has 0 aromatic heterocycles. The van der Waals surface area contributed by atoms with E-state index in [-0.39, 0.29) is 5.41 Å². The molecule has 1 heteroatoms. The van der Waals surface area contributed by atoms with Gasteiger partial charge in [0.2, 0.25) is 0 Å². The summed E-state index contributed by atoms with van der Waals surface area (Å²) in [6.45, 7) is 10.1. The quantitative estimate of drug-likeness (QED) is 0.799. The molecule has 1 fully saturated rings. The third kappa shape index (κ3) is 3.82. The molecule has 0 bridgehead atoms. The average molecular weight is 259 g/mol. The first-order valence-electron chi connectivity index (χ1n) is 7.84. The van der Waals surface area contributed by atoms with Crippen LogP contribution in [-0.4, -0.2) is 6.54 Å². The number of rotatable bonds is 5. The second kappa shape index (κ2) is 6.09. The summed E-state index contributed by atoms with van der Waals surface area (Å²) in [6.07, 6.45) is 5.61. The fraction of sp³-hybridized carbons (Fsp3) is 0.667. The zero-order valence-electron chi connectivity index (χ0n) is 13.0. The fourth-order valence-corrected chi connectivity index (χ4v) is 2.86. The van der Waals surface area contributed by atoms with Crippen molar-refractivity contribution < 1.29 is 0 Å². The van der Waals surface area contributed by atoms with E-state index in [2.05, 4.69) is 57.3 Å². The molecule has 106 valence electrons. The summed E-state index contributed by atoms with van der Waals surface area (Å²) >= 11 is 0. The highest BCUT2D eigenvalue weighted by molar-refractivity contribution is 5.29. The van der Waals surface area contributed by atoms with Crippen LogP contribution in [0, 0.1) is 5.92 Å². The Kier molecular flexibility index (Phi) is 4.67. The summed E-state index contributed by atoms with van der Waals surface area (Å²) in [5, 5.41) is 3.66. The molecule has 2 rings (SSSR count). The van der Waals surface area contributed by atoms with Gasteiger partial charge < -0.3 is 5.32 Å². The first-order chi connectivity index (χ1) is 9.00. The summed E-state index contributed by atoms with van der Waals surface area (Å²) in [5.74, 6) is 0.950. The van der Waals surface area contributed by atoms with E-state index in [0.717, 1.165) is 12.5 Å². The summed E-state index contributed by atoms with van der Waals surface area (Å²) in [4.78, 5) is 0. The van der Waals surface area contributed by atoms with Crippen LogP contribution in [0.25, 0.3) is 0 Å². The Hall–Kier alpha value is -0.820. The lowest BCUT2D eigenvalue weighted by Crippen LogP contribution is -2.26. The largest absolute Gasteiger partial charge is 0.310 e. The Balaban J connectivity index is 2.07. The molecule has 0 amide bonds. The van der Waals surface area contributed by atoms with E-state index in [1.165, 1.54) is 36.8 Å². The molecular weight excluding hydrogens is 230 g/mol. The van der Waals surface area contributed by atoms with Crippen molar-refractivity contribution in [2.45, 2.75) is 64.8 Å². The minimum absolute atomic E-state index is 0.250. The molecule has 0 aliphatic heterocycles. The lowest BCUT2D eigenvalue weighted by Gasteiger charge is -2.30. The molecule has 1 aromatic rings. The van der Waals surface area contributed by atoms with Crippen molar-refractivity contribution in [2.24, 2.45) is 5.92 Å². The smallest absolute Gasteiger partial charge is 0.0322 e. The predicted molar refractivity (Wildman–Crippen MR) is 83.5 cm³/mol. The molecule has 0 radical (unpaired) electrons. The Bertz CT molecular complexity index is 381. The van der Waals surface area contributed by atoms with Gasteiger partial charge in [-0.2, -0.15) is 0 Å². The van der Waals surface area contributed by atoms with E-state index in [4.69, 9.17) is 0 Å². The molecule has 1 saturated carbocycles. The Labute approximate surface area is 118 Å². The molecule has 1 N–H and O–H groups in total. The van der Waals surface area contributed by atoms with E-state index in [0.29, 0.717) is 6.04 Å². The third-order valence-corrected chi connectivity index (χ3v) is 4.42. The number of hydrogen-bond acceptors (Lipinski definition) is 1. The van der Waals surface area contributed by atoms with E-state index in [9.17, 15) is 0 Å². The lowest BCUT2D eigenvalue weighted by atomic mass is 9.79. The summed E-state index contributed by atoms with van der Waals surface area (Å²) in [7, 11) is 0. The maximum atomic E-state index is 3.66. The molecule has 0 saturated heterocycles. The number of nitrogens with one attached hydrogen (secondary N) is 1. The van der Waals surface area contributed by atoms with Crippen LogP contribution in [-0.2, 0) is 5.41 Å². The van der Waals surface area contributed by atoms with Crippen LogP contribution in [0.3, 0.4) is 0 Å². The first-order valence-corrected chi connectivity index (χ1v) is 7.84. The maximum Gasteiger partial charge on any atom is 0.0322 e. The van der Waals surface area contributed by atoms with Crippen molar-refractivity contribution in [1.82, 2.24) is 5.32 Å². The molecule has 19 heavy (non-hydrogen) atoms. The number of hydrogen-bond donors (Lipinski definition) is 1. The minimum Gasteiger partial charge on any atom is -0.310 e. The van der Waals surface area contributed by atoms with E-state index < -0.39 is 0 Å². The van der Waals surface area contributed by atoms with Crippen LogP contribution >= 0.6 is 0 Å². The van der Waals surface area contributed by atoms with Gasteiger partial charge in [0.1, 0.15) is 0 Å². The highest BCUT2D eigenvalue weighted by Crippen LogP contribution is 2.35. The van der Waals surface area contributed by atoms with Crippen LogP contribution in [0.4, 0.5) is 0 Å². The minimum atomic E-state index is 0.250. The van der Waals surface area contributed by atoms with E-state index in [1.807, 2.05) is 0 Å². The molecular formula is C18H29N. The topological polar surface area (TPSA) is 12.0 Å². The Morgan fingerprint density at radius 3 is 2.21 bits per heavy atom. The van der Waals surface area contributed by atoms with Crippen molar-refractivity contribution in [1.29, 1.82) is 0 Å². The standard InChI is InChI=1S/C18H29N/c1-5-19-17(13-14-7-6-8-14)15-9-11-16(12-10-15)18(2,3)4/h9-12,14,17,19H,5-8,13H2,1-4H3. The predicted octanol–water partition coefficient (Wildman–Crippen LogP) is 4.82. The highest BCUT2D eigenvalue weighted by atomic mass is 14.9. The van der Waals surface area contributed by atoms with Gasteiger partial charge in [0, 0.05) is 6.04 Å². The van der Waals surface area contributed by atoms with Crippen molar-refractivity contribution in [3.8, 4) is 0 Å². The molecule has 1 unspecified atom stereocenters. The van der Waals surface area contributed by atoms with Gasteiger partial charge in [-0.05, 0) is 35.4 Å². The van der Waals surface area contributed by atoms with Gasteiger partial charge in [-0.15, -0.1) is 0 Å². The van der Waals surface area contributed by atoms with Crippen molar-refractivity contribution in [3.63, 3.8) is 0 Å². The molecule has 1 aliphatic rings. The second-order valence-electron chi connectivity index (χ2n) is 7.01. The highest BCUT2D eigenvalue weighted by Gasteiger charge is 2.23. The SMILES string of the molecule is CCNC(CC1CCC1)c1ccc(C(C)(C)C)cc1. The zero-order valence-corrected chi connectivity index (χ0v) is 13.0. The number of benzene rings is 1. The summed E-state index contributed by atoms with van der Waals surface area (Å²) in [6, 6.07) is 9.81. The Morgan fingerprint density at radius 2 is 1.79 bits per heavy atom. The van der Waals surface area contributed by atoms with Crippen LogP contribution < -0.4 is 5.32 Å². The van der Waals surface area contributed by atoms with Crippen LogP contribution in [0.15, 0.2) is 24.3 Å². The zero-order chi connectivity index (χ0) is 13.9. The van der Waals surface area contributed by atoms with E-state index >= 15 is 0 Å². The van der Waals surface area contributed by atoms with Crippen molar-refractivity contribution >= 4 is 0 Å². The summed E-state index contributed by atoms with van der Waals surface area (Å²) in [5.41, 5.74) is 3.14. The Morgan fingerprint density at radius 1 is 1.16 bits per heavy atom. The van der Waals surface area contributed by atoms with Gasteiger partial charge in [-0.3, -0.25) is 0 Å². The van der Waals surface area contributed by atoms with Crippen LogP contribution in [0.5, 0.6) is 0 Å². The maximum absolute atomic E-state index is 3.66. The van der Waals surface area contributed by atoms with Crippen LogP contribution in [0.2, 0.25) is 0 Å². The lowest BCUT2D eigenvalue weighted by molar-refractivity contribution is 0.262. The van der Waals surface area contributed by atoms with E-state index in [1.54, 1.807) is 0 Å². The molecule has 0 spiro atoms. The monoisotopic (exact) mass is 259 g/mol. The van der Waals surface area contributed by atoms with Gasteiger partial charge in [0.15, 0.2) is 0 Å². The molecule has 0 heterocycles. The van der Waals surface area contributed by atoms with Gasteiger partial charge in [-0.25, -0.2) is 0 Å².